The van der Waals surface area contributed by atoms with E-state index in [1.54, 1.807) is 0 Å². The van der Waals surface area contributed by atoms with Crippen molar-refractivity contribution in [1.82, 2.24) is 0 Å². The van der Waals surface area contributed by atoms with Crippen molar-refractivity contribution < 1.29 is 9.47 Å². The van der Waals surface area contributed by atoms with Gasteiger partial charge in [0, 0.05) is 0 Å². The van der Waals surface area contributed by atoms with Gasteiger partial charge in [0.05, 0.1) is 13.2 Å². The molecule has 2 aromatic rings. The minimum Gasteiger partial charge on any atom is -0.494 e. The standard InChI is InChI=1S/C28H44O2/c1-3-5-7-9-11-13-15-21-29-27-19-17-26-24-28(20-18-25(26)23-27)30-22-16-14-12-10-8-6-4-2/h17-20,23-24H,3-16,21-22H2,1-2H3. The van der Waals surface area contributed by atoms with Crippen LogP contribution in [0.15, 0.2) is 36.4 Å². The van der Waals surface area contributed by atoms with E-state index in [-0.39, 0.29) is 0 Å². The predicted octanol–water partition coefficient (Wildman–Crippen LogP) is 9.10. The van der Waals surface area contributed by atoms with Gasteiger partial charge in [0.15, 0.2) is 0 Å². The predicted molar refractivity (Wildman–Crippen MR) is 131 cm³/mol. The topological polar surface area (TPSA) is 18.5 Å². The average Bonchev–Trinajstić information content (AvgIpc) is 2.77. The van der Waals surface area contributed by atoms with Crippen LogP contribution in [0.5, 0.6) is 11.5 Å². The molecule has 0 heterocycles. The Morgan fingerprint density at radius 2 is 0.833 bits per heavy atom. The number of hydrogen-bond donors (Lipinski definition) is 0. The summed E-state index contributed by atoms with van der Waals surface area (Å²) in [6.07, 6.45) is 18.4. The number of fused-ring (bicyclic) bond motifs is 1. The Morgan fingerprint density at radius 3 is 1.23 bits per heavy atom. The summed E-state index contributed by atoms with van der Waals surface area (Å²) in [5, 5.41) is 2.44. The first-order valence-corrected chi connectivity index (χ1v) is 12.6. The second kappa shape index (κ2) is 16.1. The summed E-state index contributed by atoms with van der Waals surface area (Å²) in [6, 6.07) is 12.8. The number of rotatable bonds is 18. The van der Waals surface area contributed by atoms with Crippen molar-refractivity contribution in [2.24, 2.45) is 0 Å². The highest BCUT2D eigenvalue weighted by atomic mass is 16.5. The Kier molecular flexibility index (Phi) is 13.1. The highest BCUT2D eigenvalue weighted by Crippen LogP contribution is 2.25. The Hall–Kier alpha value is -1.70. The van der Waals surface area contributed by atoms with E-state index in [1.807, 2.05) is 0 Å². The van der Waals surface area contributed by atoms with Gasteiger partial charge >= 0.3 is 0 Å². The van der Waals surface area contributed by atoms with Gasteiger partial charge in [-0.15, -0.1) is 0 Å². The lowest BCUT2D eigenvalue weighted by Gasteiger charge is -2.10. The van der Waals surface area contributed by atoms with Crippen LogP contribution in [0.4, 0.5) is 0 Å². The number of ether oxygens (including phenoxy) is 2. The first-order chi connectivity index (χ1) is 14.8. The summed E-state index contributed by atoms with van der Waals surface area (Å²) in [7, 11) is 0. The van der Waals surface area contributed by atoms with Gasteiger partial charge in [-0.1, -0.05) is 103 Å². The first-order valence-electron chi connectivity index (χ1n) is 12.6. The van der Waals surface area contributed by atoms with Gasteiger partial charge in [0.25, 0.3) is 0 Å². The SMILES string of the molecule is CCCCCCCCCOc1ccc2cc(OCCCCCCCCC)ccc2c1. The molecule has 2 rings (SSSR count). The van der Waals surface area contributed by atoms with Crippen molar-refractivity contribution >= 4 is 10.8 Å². The third-order valence-electron chi connectivity index (χ3n) is 5.82. The van der Waals surface area contributed by atoms with Gasteiger partial charge in [0.1, 0.15) is 11.5 Å². The fourth-order valence-electron chi connectivity index (χ4n) is 3.88. The summed E-state index contributed by atoms with van der Waals surface area (Å²) in [5.74, 6) is 1.95. The molecule has 0 amide bonds. The Balaban J connectivity index is 1.64. The van der Waals surface area contributed by atoms with Crippen molar-refractivity contribution in [3.63, 3.8) is 0 Å². The molecule has 168 valence electrons. The summed E-state index contributed by atoms with van der Waals surface area (Å²) in [4.78, 5) is 0. The zero-order valence-electron chi connectivity index (χ0n) is 19.6. The molecule has 2 heteroatoms. The molecule has 0 aliphatic heterocycles. The largest absolute Gasteiger partial charge is 0.494 e. The van der Waals surface area contributed by atoms with Crippen LogP contribution in [0.3, 0.4) is 0 Å². The molecule has 0 spiro atoms. The summed E-state index contributed by atoms with van der Waals surface area (Å²) < 4.78 is 11.9. The van der Waals surface area contributed by atoms with E-state index in [1.165, 1.54) is 87.8 Å². The third-order valence-corrected chi connectivity index (χ3v) is 5.82. The maximum Gasteiger partial charge on any atom is 0.119 e. The molecule has 0 radical (unpaired) electrons. The van der Waals surface area contributed by atoms with Crippen LogP contribution in [-0.2, 0) is 0 Å². The highest BCUT2D eigenvalue weighted by Gasteiger charge is 2.01. The van der Waals surface area contributed by atoms with Crippen LogP contribution < -0.4 is 9.47 Å². The zero-order chi connectivity index (χ0) is 21.3. The van der Waals surface area contributed by atoms with E-state index in [2.05, 4.69) is 50.2 Å². The minimum absolute atomic E-state index is 0.818. The van der Waals surface area contributed by atoms with Crippen LogP contribution in [0.1, 0.15) is 104 Å². The molecule has 0 fully saturated rings. The molecular formula is C28H44O2. The third kappa shape index (κ3) is 10.4. The smallest absolute Gasteiger partial charge is 0.119 e. The Bertz CT molecular complexity index is 620. The van der Waals surface area contributed by atoms with Gasteiger partial charge < -0.3 is 9.47 Å². The molecular weight excluding hydrogens is 368 g/mol. The molecule has 0 unspecified atom stereocenters. The average molecular weight is 413 g/mol. The summed E-state index contributed by atoms with van der Waals surface area (Å²) in [5.41, 5.74) is 0. The first kappa shape index (κ1) is 24.6. The molecule has 0 N–H and O–H groups in total. The molecule has 0 aromatic heterocycles. The summed E-state index contributed by atoms with van der Waals surface area (Å²) in [6.45, 7) is 6.17. The molecule has 2 nitrogen and oxygen atoms in total. The van der Waals surface area contributed by atoms with E-state index in [4.69, 9.17) is 9.47 Å². The van der Waals surface area contributed by atoms with E-state index in [9.17, 15) is 0 Å². The van der Waals surface area contributed by atoms with Crippen LogP contribution in [0.25, 0.3) is 10.8 Å². The van der Waals surface area contributed by atoms with Gasteiger partial charge in [-0.25, -0.2) is 0 Å². The van der Waals surface area contributed by atoms with Crippen LogP contribution in [0, 0.1) is 0 Å². The van der Waals surface area contributed by atoms with Crippen molar-refractivity contribution in [2.45, 2.75) is 104 Å². The van der Waals surface area contributed by atoms with E-state index in [0.29, 0.717) is 0 Å². The second-order valence-corrected chi connectivity index (χ2v) is 8.61. The maximum absolute atomic E-state index is 5.97. The normalized spacial score (nSPS) is 11.1. The zero-order valence-corrected chi connectivity index (χ0v) is 19.6. The molecule has 0 saturated carbocycles. The van der Waals surface area contributed by atoms with Gasteiger partial charge in [0.2, 0.25) is 0 Å². The molecule has 0 aliphatic carbocycles. The second-order valence-electron chi connectivity index (χ2n) is 8.61. The Morgan fingerprint density at radius 1 is 0.467 bits per heavy atom. The lowest BCUT2D eigenvalue weighted by Crippen LogP contribution is -1.98. The van der Waals surface area contributed by atoms with E-state index >= 15 is 0 Å². The lowest BCUT2D eigenvalue weighted by molar-refractivity contribution is 0.304. The van der Waals surface area contributed by atoms with Gasteiger partial charge in [-0.2, -0.15) is 0 Å². The van der Waals surface area contributed by atoms with Gasteiger partial charge in [-0.3, -0.25) is 0 Å². The van der Waals surface area contributed by atoms with Crippen molar-refractivity contribution in [3.05, 3.63) is 36.4 Å². The monoisotopic (exact) mass is 412 g/mol. The van der Waals surface area contributed by atoms with E-state index < -0.39 is 0 Å². The quantitative estimate of drug-likeness (QED) is 0.227. The minimum atomic E-state index is 0.818. The molecule has 0 aliphatic rings. The molecule has 30 heavy (non-hydrogen) atoms. The molecule has 2 aromatic carbocycles. The number of hydrogen-bond acceptors (Lipinski definition) is 2. The number of benzene rings is 2. The fourth-order valence-corrected chi connectivity index (χ4v) is 3.88. The highest BCUT2D eigenvalue weighted by molar-refractivity contribution is 5.85. The maximum atomic E-state index is 5.97. The fraction of sp³-hybridized carbons (Fsp3) is 0.643. The van der Waals surface area contributed by atoms with Crippen LogP contribution >= 0.6 is 0 Å². The Labute approximate surface area is 185 Å². The van der Waals surface area contributed by atoms with Crippen molar-refractivity contribution in [2.75, 3.05) is 13.2 Å². The molecule has 0 atom stereocenters. The summed E-state index contributed by atoms with van der Waals surface area (Å²) >= 11 is 0. The van der Waals surface area contributed by atoms with E-state index in [0.717, 1.165) is 37.6 Å². The van der Waals surface area contributed by atoms with Gasteiger partial charge in [-0.05, 0) is 47.9 Å². The van der Waals surface area contributed by atoms with Crippen molar-refractivity contribution in [3.8, 4) is 11.5 Å². The molecule has 0 saturated heterocycles. The van der Waals surface area contributed by atoms with Crippen LogP contribution in [0.2, 0.25) is 0 Å². The van der Waals surface area contributed by atoms with Crippen molar-refractivity contribution in [1.29, 1.82) is 0 Å². The van der Waals surface area contributed by atoms with Crippen LogP contribution in [-0.4, -0.2) is 13.2 Å². The number of unbranched alkanes of at least 4 members (excludes halogenated alkanes) is 12. The lowest BCUT2D eigenvalue weighted by atomic mass is 10.1. The molecule has 0 bridgehead atoms.